The van der Waals surface area contributed by atoms with Gasteiger partial charge in [0.15, 0.2) is 0 Å². The second-order valence-corrected chi connectivity index (χ2v) is 13.8. The predicted octanol–water partition coefficient (Wildman–Crippen LogP) is 1.01. The first-order valence-electron chi connectivity index (χ1n) is 10.3. The van der Waals surface area contributed by atoms with Gasteiger partial charge in [0.2, 0.25) is 0 Å². The lowest BCUT2D eigenvalue weighted by Gasteiger charge is -2.31. The second kappa shape index (κ2) is 17.7. The van der Waals surface area contributed by atoms with Gasteiger partial charge in [-0.1, -0.05) is 13.8 Å². The van der Waals surface area contributed by atoms with Crippen LogP contribution in [0.3, 0.4) is 0 Å². The van der Waals surface area contributed by atoms with Crippen molar-refractivity contribution < 1.29 is 54.5 Å². The molecule has 206 valence electrons. The molecule has 0 aromatic heterocycles. The van der Waals surface area contributed by atoms with Gasteiger partial charge >= 0.3 is 17.9 Å². The number of ether oxygens (including phenoxy) is 3. The van der Waals surface area contributed by atoms with Gasteiger partial charge in [-0.2, -0.15) is 28.6 Å². The quantitative estimate of drug-likeness (QED) is 0.0871. The maximum Gasteiger partial charge on any atom is 0.315 e. The van der Waals surface area contributed by atoms with E-state index in [1.54, 1.807) is 6.92 Å². The minimum Gasteiger partial charge on any atom is -0.464 e. The van der Waals surface area contributed by atoms with E-state index in [-0.39, 0.29) is 48.6 Å². The van der Waals surface area contributed by atoms with Crippen molar-refractivity contribution in [3.63, 3.8) is 0 Å². The van der Waals surface area contributed by atoms with Crippen LogP contribution < -0.4 is 0 Å². The minimum absolute atomic E-state index is 0.00752. The summed E-state index contributed by atoms with van der Waals surface area (Å²) in [5.74, 6) is -2.34. The van der Waals surface area contributed by atoms with E-state index in [1.165, 1.54) is 11.8 Å². The molecular weight excluding hydrogens is 569 g/mol. The number of esters is 3. The standard InChI is InChI=1S/C18H32O12S5/c1-3-18(12-28-15(19)9-31-4-2,13-29-16(20)10-32-5-7-34(22,23)24)14-30-17(21)11-33-6-8-35(25,26)27/h3-14H2,1-2H3,(H,22,23,24)(H,25,26,27). The number of hydrogen-bond donors (Lipinski definition) is 2. The molecule has 2 N–H and O–H groups in total. The molecule has 0 atom stereocenters. The van der Waals surface area contributed by atoms with Crippen LogP contribution in [0.4, 0.5) is 0 Å². The third-order valence-corrected chi connectivity index (χ3v) is 8.87. The smallest absolute Gasteiger partial charge is 0.315 e. The molecule has 0 aromatic carbocycles. The molecule has 17 heteroatoms. The highest BCUT2D eigenvalue weighted by molar-refractivity contribution is 8.01. The fourth-order valence-electron chi connectivity index (χ4n) is 2.08. The molecule has 0 saturated carbocycles. The van der Waals surface area contributed by atoms with Crippen molar-refractivity contribution in [2.75, 3.05) is 65.8 Å². The Hall–Kier alpha value is -0.720. The number of rotatable bonds is 20. The van der Waals surface area contributed by atoms with E-state index in [1.807, 2.05) is 6.92 Å². The minimum atomic E-state index is -4.13. The first kappa shape index (κ1) is 34.3. The van der Waals surface area contributed by atoms with E-state index >= 15 is 0 Å². The summed E-state index contributed by atoms with van der Waals surface area (Å²) >= 11 is 3.27. The average molecular weight is 601 g/mol. The molecule has 12 nitrogen and oxygen atoms in total. The van der Waals surface area contributed by atoms with Crippen LogP contribution in [0, 0.1) is 5.41 Å². The molecule has 35 heavy (non-hydrogen) atoms. The highest BCUT2D eigenvalue weighted by Crippen LogP contribution is 2.25. The van der Waals surface area contributed by atoms with Crippen molar-refractivity contribution in [2.45, 2.75) is 20.3 Å². The fourth-order valence-corrected chi connectivity index (χ4v) is 5.95. The molecular formula is C18H32O12S5. The molecule has 0 aliphatic heterocycles. The van der Waals surface area contributed by atoms with E-state index in [2.05, 4.69) is 0 Å². The summed E-state index contributed by atoms with van der Waals surface area (Å²) in [6.45, 7) is 2.96. The van der Waals surface area contributed by atoms with Crippen molar-refractivity contribution in [1.29, 1.82) is 0 Å². The molecule has 0 heterocycles. The van der Waals surface area contributed by atoms with Crippen molar-refractivity contribution in [2.24, 2.45) is 5.41 Å². The zero-order valence-electron chi connectivity index (χ0n) is 19.5. The van der Waals surface area contributed by atoms with Gasteiger partial charge < -0.3 is 14.2 Å². The fraction of sp³-hybridized carbons (Fsp3) is 0.833. The molecule has 0 saturated heterocycles. The Morgan fingerprint density at radius 1 is 0.686 bits per heavy atom. The van der Waals surface area contributed by atoms with Gasteiger partial charge in [-0.15, -0.1) is 23.5 Å². The summed E-state index contributed by atoms with van der Waals surface area (Å²) in [6.07, 6.45) is 0.313. The van der Waals surface area contributed by atoms with Gasteiger partial charge in [-0.3, -0.25) is 23.5 Å². The molecule has 0 aliphatic carbocycles. The van der Waals surface area contributed by atoms with Crippen molar-refractivity contribution >= 4 is 73.4 Å². The molecule has 0 aromatic rings. The van der Waals surface area contributed by atoms with Crippen LogP contribution in [0.2, 0.25) is 0 Å². The number of thioether (sulfide) groups is 3. The third kappa shape index (κ3) is 20.1. The van der Waals surface area contributed by atoms with E-state index in [4.69, 9.17) is 23.3 Å². The van der Waals surface area contributed by atoms with Crippen LogP contribution >= 0.6 is 35.3 Å². The van der Waals surface area contributed by atoms with Gasteiger partial charge in [0.25, 0.3) is 20.2 Å². The molecule has 0 radical (unpaired) electrons. The van der Waals surface area contributed by atoms with Crippen molar-refractivity contribution in [3.8, 4) is 0 Å². The summed E-state index contributed by atoms with van der Waals surface area (Å²) in [7, 11) is -8.26. The topological polar surface area (TPSA) is 188 Å². The van der Waals surface area contributed by atoms with Crippen LogP contribution in [0.1, 0.15) is 20.3 Å². The molecule has 0 amide bonds. The van der Waals surface area contributed by atoms with Gasteiger partial charge in [0, 0.05) is 11.5 Å². The number of hydrogen-bond acceptors (Lipinski definition) is 13. The Labute approximate surface area is 218 Å². The lowest BCUT2D eigenvalue weighted by molar-refractivity contribution is -0.158. The van der Waals surface area contributed by atoms with Crippen molar-refractivity contribution in [3.05, 3.63) is 0 Å². The highest BCUT2D eigenvalue weighted by Gasteiger charge is 2.34. The molecule has 0 bridgehead atoms. The molecule has 0 fully saturated rings. The van der Waals surface area contributed by atoms with Gasteiger partial charge in [-0.25, -0.2) is 0 Å². The second-order valence-electron chi connectivity index (χ2n) is 7.15. The Morgan fingerprint density at radius 3 is 1.31 bits per heavy atom. The first-order valence-corrected chi connectivity index (χ1v) is 17.0. The van der Waals surface area contributed by atoms with Crippen LogP contribution in [-0.2, 0) is 48.8 Å². The van der Waals surface area contributed by atoms with Crippen LogP contribution in [0.25, 0.3) is 0 Å². The highest BCUT2D eigenvalue weighted by atomic mass is 32.2. The summed E-state index contributed by atoms with van der Waals surface area (Å²) in [6, 6.07) is 0. The zero-order valence-corrected chi connectivity index (χ0v) is 23.6. The summed E-state index contributed by atoms with van der Waals surface area (Å²) in [4.78, 5) is 36.1. The normalized spacial score (nSPS) is 12.2. The average Bonchev–Trinajstić information content (AvgIpc) is 2.76. The first-order chi connectivity index (χ1) is 16.2. The maximum atomic E-state index is 12.1. The maximum absolute atomic E-state index is 12.1. The number of carbonyl (C=O) groups excluding carboxylic acids is 3. The van der Waals surface area contributed by atoms with Gasteiger partial charge in [-0.05, 0) is 12.2 Å². The summed E-state index contributed by atoms with van der Waals surface area (Å²) in [5, 5.41) is 0. The zero-order chi connectivity index (χ0) is 27.0. The van der Waals surface area contributed by atoms with E-state index in [9.17, 15) is 31.2 Å². The van der Waals surface area contributed by atoms with Gasteiger partial charge in [0.05, 0.1) is 34.2 Å². The van der Waals surface area contributed by atoms with E-state index < -0.39 is 55.1 Å². The predicted molar refractivity (Wildman–Crippen MR) is 136 cm³/mol. The van der Waals surface area contributed by atoms with E-state index in [0.29, 0.717) is 12.2 Å². The van der Waals surface area contributed by atoms with Gasteiger partial charge in [0.1, 0.15) is 19.8 Å². The molecule has 0 spiro atoms. The lowest BCUT2D eigenvalue weighted by Crippen LogP contribution is -2.39. The van der Waals surface area contributed by atoms with Crippen LogP contribution in [-0.4, -0.2) is 110 Å². The van der Waals surface area contributed by atoms with E-state index in [0.717, 1.165) is 23.5 Å². The molecule has 0 rings (SSSR count). The van der Waals surface area contributed by atoms with Crippen LogP contribution in [0.15, 0.2) is 0 Å². The Bertz CT molecular complexity index is 816. The Balaban J connectivity index is 4.89. The van der Waals surface area contributed by atoms with Crippen LogP contribution in [0.5, 0.6) is 0 Å². The Kier molecular flexibility index (Phi) is 17.3. The number of carbonyl (C=O) groups is 3. The molecule has 0 aliphatic rings. The lowest BCUT2D eigenvalue weighted by atomic mass is 9.88. The Morgan fingerprint density at radius 2 is 1.03 bits per heavy atom. The monoisotopic (exact) mass is 600 g/mol. The largest absolute Gasteiger partial charge is 0.464 e. The summed E-state index contributed by atoms with van der Waals surface area (Å²) in [5.41, 5.74) is -1.03. The molecule has 0 unspecified atom stereocenters. The SMILES string of the molecule is CCSCC(=O)OCC(CC)(COC(=O)CSCCS(=O)(=O)O)COC(=O)CSCCS(=O)(=O)O. The summed E-state index contributed by atoms with van der Waals surface area (Å²) < 4.78 is 76.1. The van der Waals surface area contributed by atoms with Crippen molar-refractivity contribution in [1.82, 2.24) is 0 Å². The third-order valence-electron chi connectivity index (χ3n) is 4.20.